The van der Waals surface area contributed by atoms with E-state index in [1.165, 1.54) is 0 Å². The van der Waals surface area contributed by atoms with Crippen LogP contribution in [0.3, 0.4) is 0 Å². The van der Waals surface area contributed by atoms with Crippen LogP contribution in [0.15, 0.2) is 24.3 Å². The Kier molecular flexibility index (Phi) is 3.99. The Bertz CT molecular complexity index is 540. The average Bonchev–Trinajstić information content (AvgIpc) is 2.85. The number of rotatable bonds is 1. The van der Waals surface area contributed by atoms with Gasteiger partial charge in [-0.1, -0.05) is 18.2 Å². The van der Waals surface area contributed by atoms with Gasteiger partial charge in [0.15, 0.2) is 0 Å². The largest absolute Gasteiger partial charge is 0.444 e. The van der Waals surface area contributed by atoms with Crippen LogP contribution < -0.4 is 0 Å². The molecule has 0 spiro atoms. The normalized spacial score (nSPS) is 18.7. The van der Waals surface area contributed by atoms with E-state index in [1.807, 2.05) is 39.0 Å². The zero-order chi connectivity index (χ0) is 14.8. The van der Waals surface area contributed by atoms with E-state index in [4.69, 9.17) is 4.74 Å². The Hall–Kier alpha value is -2.02. The third-order valence-electron chi connectivity index (χ3n) is 3.32. The molecule has 1 saturated heterocycles. The van der Waals surface area contributed by atoms with Gasteiger partial charge in [0.2, 0.25) is 0 Å². The molecule has 1 aromatic rings. The van der Waals surface area contributed by atoms with E-state index in [0.29, 0.717) is 12.1 Å². The first-order valence-corrected chi connectivity index (χ1v) is 6.91. The van der Waals surface area contributed by atoms with E-state index in [9.17, 15) is 10.1 Å². The zero-order valence-electron chi connectivity index (χ0n) is 12.2. The lowest BCUT2D eigenvalue weighted by atomic mass is 9.99. The van der Waals surface area contributed by atoms with Crippen molar-refractivity contribution >= 4 is 6.09 Å². The van der Waals surface area contributed by atoms with Gasteiger partial charge in [0.25, 0.3) is 0 Å². The summed E-state index contributed by atoms with van der Waals surface area (Å²) < 4.78 is 5.45. The summed E-state index contributed by atoms with van der Waals surface area (Å²) in [7, 11) is 0. The molecular weight excluding hydrogens is 252 g/mol. The predicted molar refractivity (Wildman–Crippen MR) is 76.1 cm³/mol. The molecule has 0 aromatic heterocycles. The minimum absolute atomic E-state index is 0.0549. The summed E-state index contributed by atoms with van der Waals surface area (Å²) in [6, 6.07) is 9.61. The Morgan fingerprint density at radius 1 is 1.40 bits per heavy atom. The van der Waals surface area contributed by atoms with Crippen molar-refractivity contribution in [3.8, 4) is 6.07 Å². The molecule has 0 unspecified atom stereocenters. The van der Waals surface area contributed by atoms with Gasteiger partial charge in [-0.05, 0) is 45.2 Å². The molecule has 1 heterocycles. The number of amides is 1. The summed E-state index contributed by atoms with van der Waals surface area (Å²) in [5.41, 5.74) is 1.05. The first-order valence-electron chi connectivity index (χ1n) is 6.91. The van der Waals surface area contributed by atoms with Gasteiger partial charge in [-0.25, -0.2) is 4.79 Å². The fourth-order valence-electron chi connectivity index (χ4n) is 2.52. The molecule has 1 fully saturated rings. The third-order valence-corrected chi connectivity index (χ3v) is 3.32. The Morgan fingerprint density at radius 3 is 2.75 bits per heavy atom. The highest BCUT2D eigenvalue weighted by Crippen LogP contribution is 2.34. The third kappa shape index (κ3) is 3.11. The molecule has 20 heavy (non-hydrogen) atoms. The van der Waals surface area contributed by atoms with Gasteiger partial charge in [0.05, 0.1) is 17.7 Å². The summed E-state index contributed by atoms with van der Waals surface area (Å²) in [6.07, 6.45) is 1.51. The number of nitrogens with zero attached hydrogens (tertiary/aromatic N) is 2. The lowest BCUT2D eigenvalue weighted by molar-refractivity contribution is 0.0224. The van der Waals surface area contributed by atoms with Crippen LogP contribution in [0.2, 0.25) is 0 Å². The monoisotopic (exact) mass is 272 g/mol. The maximum absolute atomic E-state index is 12.3. The summed E-state index contributed by atoms with van der Waals surface area (Å²) in [5, 5.41) is 9.21. The van der Waals surface area contributed by atoms with E-state index < -0.39 is 5.60 Å². The van der Waals surface area contributed by atoms with Crippen molar-refractivity contribution < 1.29 is 9.53 Å². The minimum atomic E-state index is -0.501. The number of carbonyl (C=O) groups is 1. The number of nitriles is 1. The van der Waals surface area contributed by atoms with Crippen molar-refractivity contribution in [3.05, 3.63) is 35.4 Å². The Balaban J connectivity index is 2.24. The minimum Gasteiger partial charge on any atom is -0.444 e. The number of ether oxygens (including phenoxy) is 1. The van der Waals surface area contributed by atoms with Gasteiger partial charge in [-0.3, -0.25) is 0 Å². The fraction of sp³-hybridized carbons (Fsp3) is 0.500. The number of likely N-dealkylation sites (tertiary alicyclic amines) is 1. The van der Waals surface area contributed by atoms with Crippen LogP contribution in [-0.2, 0) is 4.74 Å². The molecule has 0 saturated carbocycles. The lowest BCUT2D eigenvalue weighted by Crippen LogP contribution is -2.36. The van der Waals surface area contributed by atoms with Crippen molar-refractivity contribution in [2.45, 2.75) is 45.3 Å². The summed E-state index contributed by atoms with van der Waals surface area (Å²) in [5.74, 6) is 0. The molecule has 1 aliphatic heterocycles. The molecule has 1 aromatic carbocycles. The van der Waals surface area contributed by atoms with E-state index >= 15 is 0 Å². The molecular formula is C16H20N2O2. The molecule has 0 bridgehead atoms. The second-order valence-corrected chi connectivity index (χ2v) is 6.03. The van der Waals surface area contributed by atoms with Crippen molar-refractivity contribution in [2.75, 3.05) is 6.54 Å². The summed E-state index contributed by atoms with van der Waals surface area (Å²) in [4.78, 5) is 14.0. The molecule has 1 aliphatic rings. The van der Waals surface area contributed by atoms with Crippen LogP contribution in [0, 0.1) is 11.3 Å². The van der Waals surface area contributed by atoms with Crippen LogP contribution in [0.4, 0.5) is 4.79 Å². The number of carbonyl (C=O) groups excluding carboxylic acids is 1. The number of hydrogen-bond acceptors (Lipinski definition) is 3. The van der Waals surface area contributed by atoms with Crippen LogP contribution in [0.5, 0.6) is 0 Å². The van der Waals surface area contributed by atoms with Gasteiger partial charge in [-0.2, -0.15) is 5.26 Å². The summed E-state index contributed by atoms with van der Waals surface area (Å²) >= 11 is 0. The van der Waals surface area contributed by atoms with Crippen molar-refractivity contribution in [1.29, 1.82) is 5.26 Å². The van der Waals surface area contributed by atoms with E-state index in [0.717, 1.165) is 18.4 Å². The smallest absolute Gasteiger partial charge is 0.410 e. The van der Waals surface area contributed by atoms with Gasteiger partial charge in [0.1, 0.15) is 5.60 Å². The van der Waals surface area contributed by atoms with E-state index in [1.54, 1.807) is 11.0 Å². The first kappa shape index (κ1) is 14.4. The van der Waals surface area contributed by atoms with Crippen molar-refractivity contribution in [1.82, 2.24) is 4.90 Å². The van der Waals surface area contributed by atoms with Gasteiger partial charge < -0.3 is 9.64 Å². The van der Waals surface area contributed by atoms with Crippen LogP contribution >= 0.6 is 0 Å². The molecule has 0 radical (unpaired) electrons. The molecule has 1 amide bonds. The predicted octanol–water partition coefficient (Wildman–Crippen LogP) is 3.63. The molecule has 1 atom stereocenters. The Labute approximate surface area is 120 Å². The first-order chi connectivity index (χ1) is 9.42. The van der Waals surface area contributed by atoms with Gasteiger partial charge in [-0.15, -0.1) is 0 Å². The zero-order valence-corrected chi connectivity index (χ0v) is 12.2. The molecule has 106 valence electrons. The van der Waals surface area contributed by atoms with E-state index in [2.05, 4.69) is 6.07 Å². The number of benzene rings is 1. The highest BCUT2D eigenvalue weighted by Gasteiger charge is 2.34. The molecule has 0 N–H and O–H groups in total. The lowest BCUT2D eigenvalue weighted by Gasteiger charge is -2.29. The molecule has 4 heteroatoms. The van der Waals surface area contributed by atoms with Crippen LogP contribution in [0.25, 0.3) is 0 Å². The molecule has 4 nitrogen and oxygen atoms in total. The van der Waals surface area contributed by atoms with Gasteiger partial charge >= 0.3 is 6.09 Å². The quantitative estimate of drug-likeness (QED) is 0.784. The Morgan fingerprint density at radius 2 is 2.10 bits per heavy atom. The van der Waals surface area contributed by atoms with Crippen LogP contribution in [-0.4, -0.2) is 23.1 Å². The second kappa shape index (κ2) is 5.54. The topological polar surface area (TPSA) is 53.3 Å². The van der Waals surface area contributed by atoms with Crippen molar-refractivity contribution in [3.63, 3.8) is 0 Å². The van der Waals surface area contributed by atoms with Crippen LogP contribution in [0.1, 0.15) is 50.8 Å². The molecule has 0 aliphatic carbocycles. The maximum atomic E-state index is 12.3. The summed E-state index contributed by atoms with van der Waals surface area (Å²) in [6.45, 7) is 6.26. The highest BCUT2D eigenvalue weighted by molar-refractivity contribution is 5.69. The SMILES string of the molecule is CC(C)(C)OC(=O)N1CCC[C@@H]1c1ccccc1C#N. The number of hydrogen-bond donors (Lipinski definition) is 0. The average molecular weight is 272 g/mol. The highest BCUT2D eigenvalue weighted by atomic mass is 16.6. The maximum Gasteiger partial charge on any atom is 0.410 e. The van der Waals surface area contributed by atoms with E-state index in [-0.39, 0.29) is 12.1 Å². The van der Waals surface area contributed by atoms with Crippen molar-refractivity contribution in [2.24, 2.45) is 0 Å². The van der Waals surface area contributed by atoms with Gasteiger partial charge in [0, 0.05) is 6.54 Å². The standard InChI is InChI=1S/C16H20N2O2/c1-16(2,3)20-15(19)18-10-6-9-14(18)13-8-5-4-7-12(13)11-17/h4-5,7-8,14H,6,9-10H2,1-3H3/t14-/m1/s1. The second-order valence-electron chi connectivity index (χ2n) is 6.03. The molecule has 2 rings (SSSR count). The fourth-order valence-corrected chi connectivity index (χ4v) is 2.52.